The molecule has 3 atom stereocenters. The van der Waals surface area contributed by atoms with Crippen LogP contribution in [0.4, 0.5) is 0 Å². The number of hydrogen-bond acceptors (Lipinski definition) is 7. The molecule has 1 aromatic rings. The van der Waals surface area contributed by atoms with Gasteiger partial charge in [0.2, 0.25) is 5.91 Å². The zero-order valence-corrected chi connectivity index (χ0v) is 17.6. The summed E-state index contributed by atoms with van der Waals surface area (Å²) in [6.07, 6.45) is 2.27. The number of ketones is 1. The highest BCUT2D eigenvalue weighted by molar-refractivity contribution is 7.98. The van der Waals surface area contributed by atoms with Crippen molar-refractivity contribution in [2.45, 2.75) is 42.8 Å². The normalized spacial score (nSPS) is 20.1. The number of aliphatic hydroxyl groups is 2. The summed E-state index contributed by atoms with van der Waals surface area (Å²) >= 11 is 1.54. The third kappa shape index (κ3) is 6.02. The van der Waals surface area contributed by atoms with Gasteiger partial charge in [0.25, 0.3) is 5.91 Å². The number of aliphatic hydroxyl groups excluding tert-OH is 2. The van der Waals surface area contributed by atoms with Crippen LogP contribution in [0.3, 0.4) is 0 Å². The van der Waals surface area contributed by atoms with E-state index in [9.17, 15) is 24.6 Å². The Kier molecular flexibility index (Phi) is 8.21. The molecule has 0 aromatic heterocycles. The van der Waals surface area contributed by atoms with Crippen LogP contribution in [-0.4, -0.2) is 71.6 Å². The smallest absolute Gasteiger partial charge is 0.251 e. The molecule has 8 nitrogen and oxygen atoms in total. The highest BCUT2D eigenvalue weighted by atomic mass is 32.2. The van der Waals surface area contributed by atoms with Crippen LogP contribution in [0.15, 0.2) is 29.2 Å². The van der Waals surface area contributed by atoms with E-state index in [1.54, 1.807) is 24.3 Å². The zero-order chi connectivity index (χ0) is 21.6. The van der Waals surface area contributed by atoms with Crippen molar-refractivity contribution in [2.24, 2.45) is 5.92 Å². The lowest BCUT2D eigenvalue weighted by Crippen LogP contribution is -2.55. The van der Waals surface area contributed by atoms with Crippen LogP contribution in [0, 0.1) is 5.92 Å². The minimum atomic E-state index is -1.26. The van der Waals surface area contributed by atoms with Gasteiger partial charge in [-0.2, -0.15) is 0 Å². The monoisotopic (exact) mass is 424 g/mol. The summed E-state index contributed by atoms with van der Waals surface area (Å²) in [6.45, 7) is 2.83. The van der Waals surface area contributed by atoms with E-state index in [-0.39, 0.29) is 12.5 Å². The van der Waals surface area contributed by atoms with Gasteiger partial charge in [0.05, 0.1) is 25.9 Å². The van der Waals surface area contributed by atoms with Crippen molar-refractivity contribution in [3.05, 3.63) is 29.8 Å². The second-order valence-electron chi connectivity index (χ2n) is 7.43. The molecule has 2 rings (SSSR count). The second-order valence-corrected chi connectivity index (χ2v) is 8.31. The van der Waals surface area contributed by atoms with Crippen molar-refractivity contribution >= 4 is 29.4 Å². The van der Waals surface area contributed by atoms with Gasteiger partial charge in [-0.1, -0.05) is 13.8 Å². The molecule has 1 heterocycles. The Hall–Kier alpha value is -1.94. The molecule has 0 aliphatic carbocycles. The lowest BCUT2D eigenvalue weighted by molar-refractivity contribution is -0.133. The van der Waals surface area contributed by atoms with Crippen molar-refractivity contribution in [3.63, 3.8) is 0 Å². The zero-order valence-electron chi connectivity index (χ0n) is 16.8. The molecule has 0 radical (unpaired) electrons. The molecule has 1 aliphatic heterocycles. The molecule has 29 heavy (non-hydrogen) atoms. The standard InChI is InChI=1S/C20H28N2O6S/c1-12(2)8-15(17(25)20(10-24)11-28-20)21-19(27)16(9-23)22-18(26)13-4-6-14(29-3)7-5-13/h4-7,12,15-16,23-24H,8-11H2,1-3H3,(H,21,27)(H,22,26)/t15-,16-,20+/m0/s1. The van der Waals surface area contributed by atoms with Crippen LogP contribution in [0.1, 0.15) is 30.6 Å². The number of benzene rings is 1. The average Bonchev–Trinajstić information content (AvgIpc) is 3.51. The van der Waals surface area contributed by atoms with Gasteiger partial charge in [0.1, 0.15) is 6.04 Å². The molecule has 160 valence electrons. The number of amides is 2. The van der Waals surface area contributed by atoms with Crippen molar-refractivity contribution in [2.75, 3.05) is 26.1 Å². The molecule has 0 saturated carbocycles. The maximum Gasteiger partial charge on any atom is 0.251 e. The highest BCUT2D eigenvalue weighted by Crippen LogP contribution is 2.30. The largest absolute Gasteiger partial charge is 0.394 e. The molecule has 0 bridgehead atoms. The molecule has 1 fully saturated rings. The molecule has 0 spiro atoms. The Bertz CT molecular complexity index is 733. The number of Topliss-reactive ketones (excluding diaryl/α,β-unsaturated/α-hetero) is 1. The molecular weight excluding hydrogens is 396 g/mol. The van der Waals surface area contributed by atoms with E-state index in [0.29, 0.717) is 12.0 Å². The summed E-state index contributed by atoms with van der Waals surface area (Å²) in [5, 5.41) is 24.1. The summed E-state index contributed by atoms with van der Waals surface area (Å²) in [5.41, 5.74) is -0.904. The van der Waals surface area contributed by atoms with E-state index in [0.717, 1.165) is 4.90 Å². The van der Waals surface area contributed by atoms with Crippen LogP contribution in [0.25, 0.3) is 0 Å². The third-order valence-corrected chi connectivity index (χ3v) is 5.44. The SMILES string of the molecule is CSc1ccc(C(=O)N[C@@H](CO)C(=O)N[C@@H](CC(C)C)C(=O)[C@@]2(CO)CO2)cc1. The van der Waals surface area contributed by atoms with Crippen LogP contribution in [-0.2, 0) is 14.3 Å². The van der Waals surface area contributed by atoms with Gasteiger partial charge in [-0.3, -0.25) is 14.4 Å². The Morgan fingerprint density at radius 1 is 1.14 bits per heavy atom. The van der Waals surface area contributed by atoms with Crippen molar-refractivity contribution in [1.29, 1.82) is 0 Å². The maximum atomic E-state index is 12.7. The van der Waals surface area contributed by atoms with Gasteiger partial charge in [0, 0.05) is 10.5 Å². The van der Waals surface area contributed by atoms with E-state index in [4.69, 9.17) is 4.74 Å². The highest BCUT2D eigenvalue weighted by Gasteiger charge is 2.54. The molecule has 9 heteroatoms. The van der Waals surface area contributed by atoms with E-state index in [1.165, 1.54) is 11.8 Å². The van der Waals surface area contributed by atoms with Gasteiger partial charge in [0.15, 0.2) is 11.4 Å². The maximum absolute atomic E-state index is 12.7. The average molecular weight is 425 g/mol. The number of ether oxygens (including phenoxy) is 1. The fourth-order valence-corrected chi connectivity index (χ4v) is 3.28. The van der Waals surface area contributed by atoms with E-state index in [2.05, 4.69) is 10.6 Å². The lowest BCUT2D eigenvalue weighted by Gasteiger charge is -2.24. The third-order valence-electron chi connectivity index (χ3n) is 4.69. The Morgan fingerprint density at radius 3 is 2.21 bits per heavy atom. The first-order chi connectivity index (χ1) is 13.8. The summed E-state index contributed by atoms with van der Waals surface area (Å²) < 4.78 is 5.11. The Morgan fingerprint density at radius 2 is 1.76 bits per heavy atom. The van der Waals surface area contributed by atoms with Gasteiger partial charge in [-0.25, -0.2) is 0 Å². The Balaban J connectivity index is 2.05. The fourth-order valence-electron chi connectivity index (χ4n) is 2.87. The predicted octanol–water partition coefficient (Wildman–Crippen LogP) is 0.360. The first kappa shape index (κ1) is 23.3. The summed E-state index contributed by atoms with van der Waals surface area (Å²) in [6, 6.07) is 4.74. The second kappa shape index (κ2) is 10.2. The number of hydrogen-bond donors (Lipinski definition) is 4. The van der Waals surface area contributed by atoms with Crippen LogP contribution >= 0.6 is 11.8 Å². The number of nitrogens with one attached hydrogen (secondary N) is 2. The first-order valence-electron chi connectivity index (χ1n) is 9.41. The summed E-state index contributed by atoms with van der Waals surface area (Å²) in [4.78, 5) is 38.7. The van der Waals surface area contributed by atoms with Crippen molar-refractivity contribution in [1.82, 2.24) is 10.6 Å². The van der Waals surface area contributed by atoms with Gasteiger partial charge >= 0.3 is 0 Å². The predicted molar refractivity (Wildman–Crippen MR) is 109 cm³/mol. The Labute approximate surface area is 174 Å². The van der Waals surface area contributed by atoms with E-state index in [1.807, 2.05) is 20.1 Å². The molecule has 4 N–H and O–H groups in total. The topological polar surface area (TPSA) is 128 Å². The molecule has 1 aliphatic rings. The molecular formula is C20H28N2O6S. The van der Waals surface area contributed by atoms with Crippen LogP contribution in [0.5, 0.6) is 0 Å². The summed E-state index contributed by atoms with van der Waals surface area (Å²) in [5.74, 6) is -1.49. The molecule has 2 amide bonds. The van der Waals surface area contributed by atoms with E-state index < -0.39 is 48.5 Å². The quantitative estimate of drug-likeness (QED) is 0.298. The van der Waals surface area contributed by atoms with Gasteiger partial charge < -0.3 is 25.6 Å². The van der Waals surface area contributed by atoms with Crippen LogP contribution in [0.2, 0.25) is 0 Å². The number of carbonyl (C=O) groups excluding carboxylic acids is 3. The minimum absolute atomic E-state index is 0.0934. The number of epoxide rings is 1. The summed E-state index contributed by atoms with van der Waals surface area (Å²) in [7, 11) is 0. The van der Waals surface area contributed by atoms with Crippen LogP contribution < -0.4 is 10.6 Å². The van der Waals surface area contributed by atoms with Crippen molar-refractivity contribution in [3.8, 4) is 0 Å². The lowest BCUT2D eigenvalue weighted by atomic mass is 9.92. The number of thioether (sulfide) groups is 1. The minimum Gasteiger partial charge on any atom is -0.394 e. The van der Waals surface area contributed by atoms with E-state index >= 15 is 0 Å². The first-order valence-corrected chi connectivity index (χ1v) is 10.6. The number of carbonyl (C=O) groups is 3. The van der Waals surface area contributed by atoms with Gasteiger partial charge in [-0.15, -0.1) is 11.8 Å². The fraction of sp³-hybridized carbons (Fsp3) is 0.550. The molecule has 0 unspecified atom stereocenters. The molecule has 1 aromatic carbocycles. The van der Waals surface area contributed by atoms with Crippen molar-refractivity contribution < 1.29 is 29.3 Å². The van der Waals surface area contributed by atoms with Gasteiger partial charge in [-0.05, 0) is 42.9 Å². The number of rotatable bonds is 11. The molecule has 1 saturated heterocycles.